The summed E-state index contributed by atoms with van der Waals surface area (Å²) in [6.45, 7) is 2.26. The second-order valence-corrected chi connectivity index (χ2v) is 4.80. The van der Waals surface area contributed by atoms with E-state index in [0.717, 1.165) is 5.92 Å². The third-order valence-corrected chi connectivity index (χ3v) is 4.03. The minimum absolute atomic E-state index is 0. The molecule has 0 aromatic heterocycles. The minimum atomic E-state index is 0. The zero-order chi connectivity index (χ0) is 8.55. The standard InChI is InChI=1S/C11H17Si.3CH3.Ti/c1-8-6-9-4-2-3-5-10(9)11(8)7-12;;;;/h11H,2-5,7H2,1,12H3;3*1H3;/q4*-1;+4. The van der Waals surface area contributed by atoms with Crippen LogP contribution in [0.25, 0.3) is 0 Å². The van der Waals surface area contributed by atoms with Crippen LogP contribution in [0.1, 0.15) is 32.6 Å². The third-order valence-electron chi connectivity index (χ3n) is 3.21. The van der Waals surface area contributed by atoms with Gasteiger partial charge in [0.25, 0.3) is 0 Å². The van der Waals surface area contributed by atoms with Gasteiger partial charge in [-0.3, -0.25) is 0 Å². The predicted octanol–water partition coefficient (Wildman–Crippen LogP) is 3.37. The average molecular weight is 270 g/mol. The van der Waals surface area contributed by atoms with Gasteiger partial charge in [-0.1, -0.05) is 44.6 Å². The molecule has 0 saturated heterocycles. The van der Waals surface area contributed by atoms with Crippen molar-refractivity contribution in [3.63, 3.8) is 0 Å². The van der Waals surface area contributed by atoms with Crippen molar-refractivity contribution in [3.8, 4) is 0 Å². The van der Waals surface area contributed by atoms with Crippen molar-refractivity contribution < 1.29 is 21.7 Å². The van der Waals surface area contributed by atoms with Crippen LogP contribution in [0.5, 0.6) is 0 Å². The van der Waals surface area contributed by atoms with Crippen LogP contribution in [-0.2, 0) is 21.7 Å². The Morgan fingerprint density at radius 3 is 2.31 bits per heavy atom. The van der Waals surface area contributed by atoms with Crippen LogP contribution in [0.15, 0.2) is 16.7 Å². The summed E-state index contributed by atoms with van der Waals surface area (Å²) in [7, 11) is 1.34. The van der Waals surface area contributed by atoms with Crippen LogP contribution in [0.4, 0.5) is 0 Å². The Morgan fingerprint density at radius 1 is 1.19 bits per heavy atom. The van der Waals surface area contributed by atoms with Crippen LogP contribution in [0.2, 0.25) is 6.04 Å². The second-order valence-electron chi connectivity index (χ2n) is 3.98. The maximum absolute atomic E-state index is 3.58. The van der Waals surface area contributed by atoms with Gasteiger partial charge < -0.3 is 22.3 Å². The van der Waals surface area contributed by atoms with Crippen molar-refractivity contribution in [1.29, 1.82) is 0 Å². The maximum atomic E-state index is 3.58. The van der Waals surface area contributed by atoms with Gasteiger partial charge in [0.1, 0.15) is 0 Å². The molecule has 0 saturated carbocycles. The first-order valence-corrected chi connectivity index (χ1v) is 6.56. The van der Waals surface area contributed by atoms with E-state index in [4.69, 9.17) is 0 Å². The molecule has 90 valence electrons. The van der Waals surface area contributed by atoms with E-state index in [-0.39, 0.29) is 44.0 Å². The Labute approximate surface area is 121 Å². The fraction of sp³-hybridized carbons (Fsp3) is 0.500. The molecule has 0 aliphatic heterocycles. The molecule has 16 heavy (non-hydrogen) atoms. The first kappa shape index (κ1) is 21.7. The Kier molecular flexibility index (Phi) is 12.8. The number of hydrogen-bond acceptors (Lipinski definition) is 0. The van der Waals surface area contributed by atoms with Crippen LogP contribution in [0, 0.1) is 34.3 Å². The van der Waals surface area contributed by atoms with E-state index < -0.39 is 0 Å². The summed E-state index contributed by atoms with van der Waals surface area (Å²) in [6.07, 6.45) is 9.07. The van der Waals surface area contributed by atoms with Gasteiger partial charge in [-0.2, -0.15) is 5.57 Å². The second kappa shape index (κ2) is 9.44. The molecule has 2 aliphatic rings. The Balaban J connectivity index is -0.000000422. The summed E-state index contributed by atoms with van der Waals surface area (Å²) in [4.78, 5) is 0. The smallest absolute Gasteiger partial charge is 0.358 e. The van der Waals surface area contributed by atoms with E-state index in [2.05, 4.69) is 13.0 Å². The van der Waals surface area contributed by atoms with Crippen LogP contribution in [0.3, 0.4) is 0 Å². The fourth-order valence-electron chi connectivity index (χ4n) is 2.60. The van der Waals surface area contributed by atoms with Crippen molar-refractivity contribution in [3.05, 3.63) is 45.1 Å². The van der Waals surface area contributed by atoms with Crippen LogP contribution in [-0.4, -0.2) is 10.2 Å². The van der Waals surface area contributed by atoms with Gasteiger partial charge in [-0.25, -0.2) is 17.2 Å². The van der Waals surface area contributed by atoms with Gasteiger partial charge in [0, 0.05) is 10.2 Å². The van der Waals surface area contributed by atoms with E-state index in [1.807, 2.05) is 0 Å². The minimum Gasteiger partial charge on any atom is -0.358 e. The molecule has 0 radical (unpaired) electrons. The molecule has 1 atom stereocenters. The monoisotopic (exact) mass is 270 g/mol. The third kappa shape index (κ3) is 4.01. The molecule has 2 rings (SSSR count). The molecule has 0 bridgehead atoms. The largest absolute Gasteiger partial charge is 4.00 e. The van der Waals surface area contributed by atoms with Crippen molar-refractivity contribution >= 4 is 10.2 Å². The van der Waals surface area contributed by atoms with Crippen molar-refractivity contribution in [2.75, 3.05) is 0 Å². The predicted molar refractivity (Wildman–Crippen MR) is 75.4 cm³/mol. The van der Waals surface area contributed by atoms with E-state index in [1.54, 1.807) is 11.1 Å². The van der Waals surface area contributed by atoms with Crippen LogP contribution >= 0.6 is 0 Å². The van der Waals surface area contributed by atoms with Gasteiger partial charge in [-0.15, -0.1) is 0 Å². The summed E-state index contributed by atoms with van der Waals surface area (Å²) in [6, 6.07) is 1.41. The van der Waals surface area contributed by atoms with E-state index in [9.17, 15) is 0 Å². The summed E-state index contributed by atoms with van der Waals surface area (Å²) >= 11 is 0. The fourth-order valence-corrected chi connectivity index (χ4v) is 3.70. The van der Waals surface area contributed by atoms with Crippen molar-refractivity contribution in [2.45, 2.75) is 38.7 Å². The molecule has 0 amide bonds. The van der Waals surface area contributed by atoms with Gasteiger partial charge in [0.15, 0.2) is 0 Å². The molecule has 0 spiro atoms. The maximum Gasteiger partial charge on any atom is 4.00 e. The van der Waals surface area contributed by atoms with Gasteiger partial charge in [-0.05, 0) is 0 Å². The Bertz CT molecular complexity index is 253. The molecular formula is C14H26SiTi. The normalized spacial score (nSPS) is 21.8. The number of allylic oxidation sites excluding steroid dienone is 4. The molecule has 0 heterocycles. The molecule has 2 aliphatic carbocycles. The summed E-state index contributed by atoms with van der Waals surface area (Å²) in [5, 5.41) is 0. The van der Waals surface area contributed by atoms with Gasteiger partial charge in [0.05, 0.1) is 0 Å². The van der Waals surface area contributed by atoms with Gasteiger partial charge >= 0.3 is 21.7 Å². The summed E-state index contributed by atoms with van der Waals surface area (Å²) in [5.74, 6) is 0.826. The molecule has 2 heteroatoms. The molecule has 0 aromatic rings. The SMILES string of the molecule is CC1=[C-]C2=C(CCCC2)C1C[SiH3].[CH3-].[CH3-].[CH3-].[Ti+4]. The zero-order valence-electron chi connectivity index (χ0n) is 11.6. The average Bonchev–Trinajstić information content (AvgIpc) is 2.40. The quantitative estimate of drug-likeness (QED) is 0.506. The molecule has 0 fully saturated rings. The first-order valence-electron chi connectivity index (χ1n) is 5.15. The molecule has 0 N–H and O–H groups in total. The number of rotatable bonds is 1. The molecule has 1 unspecified atom stereocenters. The van der Waals surface area contributed by atoms with Gasteiger partial charge in [0.2, 0.25) is 0 Å². The molecule has 0 nitrogen and oxygen atoms in total. The Morgan fingerprint density at radius 2 is 1.75 bits per heavy atom. The zero-order valence-corrected chi connectivity index (χ0v) is 15.2. The molecular weight excluding hydrogens is 244 g/mol. The van der Waals surface area contributed by atoms with E-state index in [1.165, 1.54) is 47.5 Å². The summed E-state index contributed by atoms with van der Waals surface area (Å²) < 4.78 is 0. The van der Waals surface area contributed by atoms with Crippen LogP contribution < -0.4 is 0 Å². The Hall–Kier alpha value is 0.411. The number of hydrogen-bond donors (Lipinski definition) is 0. The van der Waals surface area contributed by atoms with E-state index >= 15 is 0 Å². The first-order chi connectivity index (χ1) is 5.83. The van der Waals surface area contributed by atoms with Crippen molar-refractivity contribution in [1.82, 2.24) is 0 Å². The molecule has 0 aromatic carbocycles. The topological polar surface area (TPSA) is 0 Å². The van der Waals surface area contributed by atoms with E-state index in [0.29, 0.717) is 0 Å². The summed E-state index contributed by atoms with van der Waals surface area (Å²) in [5.41, 5.74) is 4.87. The van der Waals surface area contributed by atoms with Crippen molar-refractivity contribution in [2.24, 2.45) is 5.92 Å².